The molecule has 2 atom stereocenters. The summed E-state index contributed by atoms with van der Waals surface area (Å²) in [5.41, 5.74) is 0. The van der Waals surface area contributed by atoms with Crippen molar-refractivity contribution in [1.82, 2.24) is 0 Å². The van der Waals surface area contributed by atoms with E-state index in [0.29, 0.717) is 23.9 Å². The van der Waals surface area contributed by atoms with Crippen molar-refractivity contribution >= 4 is 19.8 Å². The molecule has 0 aromatic carbocycles. The van der Waals surface area contributed by atoms with Crippen molar-refractivity contribution in [3.63, 3.8) is 0 Å². The maximum absolute atomic E-state index is 12.8. The Morgan fingerprint density at radius 1 is 0.400 bits per heavy atom. The van der Waals surface area contributed by atoms with Crippen LogP contribution in [0.4, 0.5) is 0 Å². The third-order valence-corrected chi connectivity index (χ3v) is 13.2. The maximum Gasteiger partial charge on any atom is 0.309 e. The molecular weight excluding hydrogens is 1010 g/mol. The predicted octanol–water partition coefficient (Wildman–Crippen LogP) is 19.2. The van der Waals surface area contributed by atoms with Gasteiger partial charge >= 0.3 is 11.9 Å². The number of unbranched alkanes of at least 4 members (excludes halogenated alkanes) is 13. The van der Waals surface area contributed by atoms with Crippen LogP contribution in [-0.2, 0) is 32.7 Å². The van der Waals surface area contributed by atoms with Gasteiger partial charge in [-0.05, 0) is 109 Å². The van der Waals surface area contributed by atoms with Gasteiger partial charge in [0.05, 0.1) is 34.2 Å². The van der Waals surface area contributed by atoms with Crippen molar-refractivity contribution in [2.75, 3.05) is 47.5 Å². The van der Waals surface area contributed by atoms with Crippen molar-refractivity contribution < 1.29 is 42.1 Å². The van der Waals surface area contributed by atoms with Gasteiger partial charge in [0.1, 0.15) is 19.8 Å². The standard InChI is InChI=1S/C70H112NO8P/c1-6-8-10-12-14-16-18-20-22-23-24-25-26-27-28-29-30-31-32-33-34-35-36-37-38-39-40-41-42-43-44-45-46-47-49-51-53-55-57-59-61-63-70(73)79-68(67-78-80(74,75)77-65-64-71(3,4)5)66-76-69(72)62-60-58-56-54-52-50-48-21-19-17-15-13-11-9-7-2/h8-11,14-17,20-22,24-25,27-28,30-31,33-34,36-37,39-40,48,52,54,58,60,68H,6-7,12-13,18-19,23,26,29,32,35,38,41-47,49-51,53,55-57,59,61-67H2,1-5H3/b10-8-,11-9-,16-14-,17-15-,22-20-,25-24-,28-27-,31-30-,34-33-,37-36-,40-39-,48-21-,54-52-,60-58-. The normalized spacial score (nSPS) is 14.4. The molecule has 0 aliphatic rings. The topological polar surface area (TPSA) is 111 Å². The van der Waals surface area contributed by atoms with Crippen molar-refractivity contribution in [3.8, 4) is 0 Å². The third-order valence-electron chi connectivity index (χ3n) is 12.3. The molecule has 2 unspecified atom stereocenters. The van der Waals surface area contributed by atoms with E-state index in [-0.39, 0.29) is 26.1 Å². The summed E-state index contributed by atoms with van der Waals surface area (Å²) < 4.78 is 34.0. The number of phosphoric ester groups is 1. The molecule has 0 saturated carbocycles. The summed E-state index contributed by atoms with van der Waals surface area (Å²) in [6.45, 7) is 3.86. The Kier molecular flexibility index (Phi) is 55.6. The molecule has 80 heavy (non-hydrogen) atoms. The number of likely N-dealkylation sites (N-methyl/N-ethyl adjacent to an activating group) is 1. The largest absolute Gasteiger partial charge is 0.756 e. The summed E-state index contributed by atoms with van der Waals surface area (Å²) in [6.07, 6.45) is 90.3. The van der Waals surface area contributed by atoms with Crippen LogP contribution in [0.5, 0.6) is 0 Å². The fourth-order valence-electron chi connectivity index (χ4n) is 7.60. The summed E-state index contributed by atoms with van der Waals surface area (Å²) in [5, 5.41) is 0. The third kappa shape index (κ3) is 62.6. The minimum Gasteiger partial charge on any atom is -0.756 e. The van der Waals surface area contributed by atoms with Crippen LogP contribution in [0.25, 0.3) is 0 Å². The van der Waals surface area contributed by atoms with Crippen LogP contribution in [0.3, 0.4) is 0 Å². The van der Waals surface area contributed by atoms with E-state index in [2.05, 4.69) is 166 Å². The molecule has 450 valence electrons. The first-order valence-corrected chi connectivity index (χ1v) is 32.3. The zero-order chi connectivity index (χ0) is 58.4. The Morgan fingerprint density at radius 3 is 1.06 bits per heavy atom. The van der Waals surface area contributed by atoms with Crippen molar-refractivity contribution in [2.45, 2.75) is 213 Å². The highest BCUT2D eigenvalue weighted by Gasteiger charge is 2.21. The van der Waals surface area contributed by atoms with Crippen LogP contribution < -0.4 is 4.89 Å². The Balaban J connectivity index is 4.10. The number of hydrogen-bond acceptors (Lipinski definition) is 8. The average Bonchev–Trinajstić information content (AvgIpc) is 3.42. The molecule has 0 saturated heterocycles. The van der Waals surface area contributed by atoms with E-state index in [1.165, 1.54) is 64.2 Å². The molecule has 0 rings (SSSR count). The zero-order valence-corrected chi connectivity index (χ0v) is 51.8. The number of hydrogen-bond donors (Lipinski definition) is 0. The quantitative estimate of drug-likeness (QED) is 0.0195. The lowest BCUT2D eigenvalue weighted by atomic mass is 10.0. The second-order valence-corrected chi connectivity index (χ2v) is 22.4. The summed E-state index contributed by atoms with van der Waals surface area (Å²) in [7, 11) is 1.10. The van der Waals surface area contributed by atoms with Gasteiger partial charge in [0.2, 0.25) is 0 Å². The Hall–Kier alpha value is -4.63. The minimum absolute atomic E-state index is 0.0364. The van der Waals surface area contributed by atoms with Gasteiger partial charge in [-0.25, -0.2) is 0 Å². The van der Waals surface area contributed by atoms with Crippen molar-refractivity contribution in [2.24, 2.45) is 0 Å². The first-order chi connectivity index (χ1) is 39.0. The summed E-state index contributed by atoms with van der Waals surface area (Å²) >= 11 is 0. The fraction of sp³-hybridized carbons (Fsp3) is 0.571. The van der Waals surface area contributed by atoms with Crippen molar-refractivity contribution in [1.29, 1.82) is 0 Å². The van der Waals surface area contributed by atoms with Gasteiger partial charge in [-0.3, -0.25) is 14.2 Å². The molecule has 0 aromatic rings. The monoisotopic (exact) mass is 1130 g/mol. The molecule has 0 fully saturated rings. The Labute approximate surface area is 489 Å². The number of carbonyl (C=O) groups is 2. The number of phosphoric acid groups is 1. The first kappa shape index (κ1) is 75.4. The van der Waals surface area contributed by atoms with Gasteiger partial charge in [0, 0.05) is 6.42 Å². The molecule has 0 amide bonds. The van der Waals surface area contributed by atoms with Crippen LogP contribution in [0.2, 0.25) is 0 Å². The molecular formula is C70H112NO8P. The average molecular weight is 1130 g/mol. The molecule has 0 aliphatic heterocycles. The van der Waals surface area contributed by atoms with Crippen LogP contribution in [-0.4, -0.2) is 70.0 Å². The van der Waals surface area contributed by atoms with E-state index in [4.69, 9.17) is 18.5 Å². The SMILES string of the molecule is CC/C=C\C/C=C\C/C=C\C/C=C\C/C=C\C/C=C\C/C=C\C/C=C\C/C=C\CCCCCCCCCCCCCCCC(=O)OC(COC(=O)C/C=C\C/C=C\C/C=C\C/C=C\C/C=C\CC)COP(=O)([O-])OCC[N+](C)(C)C. The lowest BCUT2D eigenvalue weighted by Gasteiger charge is -2.28. The number of esters is 2. The number of quaternary nitrogens is 1. The fourth-order valence-corrected chi connectivity index (χ4v) is 8.33. The lowest BCUT2D eigenvalue weighted by molar-refractivity contribution is -0.870. The smallest absolute Gasteiger partial charge is 0.309 e. The molecule has 0 N–H and O–H groups in total. The first-order valence-electron chi connectivity index (χ1n) is 30.8. The Bertz CT molecular complexity index is 1950. The van der Waals surface area contributed by atoms with E-state index in [9.17, 15) is 19.0 Å². The van der Waals surface area contributed by atoms with Gasteiger partial charge in [0.25, 0.3) is 7.82 Å². The highest BCUT2D eigenvalue weighted by molar-refractivity contribution is 7.45. The number of nitrogens with zero attached hydrogens (tertiary/aromatic N) is 1. The number of carbonyl (C=O) groups excluding carboxylic acids is 2. The summed E-state index contributed by atoms with van der Waals surface area (Å²) in [5.74, 6) is -0.994. The maximum atomic E-state index is 12.8. The molecule has 0 aromatic heterocycles. The highest BCUT2D eigenvalue weighted by atomic mass is 31.2. The zero-order valence-electron chi connectivity index (χ0n) is 50.9. The molecule has 0 heterocycles. The van der Waals surface area contributed by atoms with E-state index >= 15 is 0 Å². The van der Waals surface area contributed by atoms with E-state index in [0.717, 1.165) is 103 Å². The highest BCUT2D eigenvalue weighted by Crippen LogP contribution is 2.38. The molecule has 0 radical (unpaired) electrons. The number of allylic oxidation sites excluding steroid dienone is 27. The predicted molar refractivity (Wildman–Crippen MR) is 341 cm³/mol. The molecule has 10 heteroatoms. The lowest BCUT2D eigenvalue weighted by Crippen LogP contribution is -2.37. The Morgan fingerprint density at radius 2 is 0.713 bits per heavy atom. The second kappa shape index (κ2) is 59.0. The summed E-state index contributed by atoms with van der Waals surface area (Å²) in [4.78, 5) is 37.8. The van der Waals surface area contributed by atoms with Crippen LogP contribution in [0, 0.1) is 0 Å². The van der Waals surface area contributed by atoms with E-state index in [1.54, 1.807) is 6.08 Å². The molecule has 9 nitrogen and oxygen atoms in total. The number of ether oxygens (including phenoxy) is 2. The second-order valence-electron chi connectivity index (χ2n) is 21.0. The van der Waals surface area contributed by atoms with Crippen LogP contribution >= 0.6 is 7.82 Å². The van der Waals surface area contributed by atoms with Gasteiger partial charge in [-0.15, -0.1) is 0 Å². The van der Waals surface area contributed by atoms with Gasteiger partial charge in [0.15, 0.2) is 6.10 Å². The van der Waals surface area contributed by atoms with Crippen molar-refractivity contribution in [3.05, 3.63) is 170 Å². The molecule has 0 bridgehead atoms. The number of rotatable bonds is 54. The summed E-state index contributed by atoms with van der Waals surface area (Å²) in [6, 6.07) is 0. The van der Waals surface area contributed by atoms with Gasteiger partial charge in [-0.2, -0.15) is 0 Å². The van der Waals surface area contributed by atoms with Crippen LogP contribution in [0.1, 0.15) is 206 Å². The van der Waals surface area contributed by atoms with E-state index < -0.39 is 32.5 Å². The van der Waals surface area contributed by atoms with Gasteiger partial charge < -0.3 is 27.9 Å². The van der Waals surface area contributed by atoms with Gasteiger partial charge in [-0.1, -0.05) is 255 Å². The van der Waals surface area contributed by atoms with Crippen LogP contribution in [0.15, 0.2) is 170 Å². The molecule has 0 spiro atoms. The minimum atomic E-state index is -4.67. The van der Waals surface area contributed by atoms with E-state index in [1.807, 2.05) is 33.3 Å². The molecule has 0 aliphatic carbocycles.